The van der Waals surface area contributed by atoms with Crippen molar-refractivity contribution in [3.63, 3.8) is 0 Å². The lowest BCUT2D eigenvalue weighted by molar-refractivity contribution is -0.137. The van der Waals surface area contributed by atoms with Crippen molar-refractivity contribution in [3.8, 4) is 0 Å². The number of piperazine rings is 1. The second kappa shape index (κ2) is 7.11. The molecule has 122 valence electrons. The zero-order chi connectivity index (χ0) is 16.2. The molecule has 6 heteroatoms. The average molecular weight is 300 g/mol. The second-order valence-electron chi connectivity index (χ2n) is 6.92. The first-order valence-electron chi connectivity index (χ1n) is 7.54. The van der Waals surface area contributed by atoms with Crippen molar-refractivity contribution in [2.75, 3.05) is 26.2 Å². The number of carbonyl (C=O) groups excluding carboxylic acids is 1. The van der Waals surface area contributed by atoms with Crippen LogP contribution >= 0.6 is 0 Å². The molecule has 1 aliphatic rings. The van der Waals surface area contributed by atoms with E-state index in [-0.39, 0.29) is 18.6 Å². The minimum atomic E-state index is -0.785. The first kappa shape index (κ1) is 17.8. The molecule has 1 fully saturated rings. The SMILES string of the molecule is CC(C)[C@H]1CN(C(=O)OC(C)(C)C)CCN1CCC(=O)O. The Balaban J connectivity index is 2.64. The van der Waals surface area contributed by atoms with Gasteiger partial charge in [0.25, 0.3) is 0 Å². The van der Waals surface area contributed by atoms with Crippen molar-refractivity contribution in [1.29, 1.82) is 0 Å². The molecular formula is C15H28N2O4. The zero-order valence-electron chi connectivity index (χ0n) is 13.8. The van der Waals surface area contributed by atoms with E-state index < -0.39 is 11.6 Å². The standard InChI is InChI=1S/C15H28N2O4/c1-11(2)12-10-17(14(20)21-15(3,4)5)9-8-16(12)7-6-13(18)19/h11-12H,6-10H2,1-5H3,(H,18,19)/t12-/m1/s1. The summed E-state index contributed by atoms with van der Waals surface area (Å²) in [6.07, 6.45) is -0.151. The van der Waals surface area contributed by atoms with E-state index in [0.717, 1.165) is 0 Å². The van der Waals surface area contributed by atoms with Crippen LogP contribution in [0, 0.1) is 5.92 Å². The summed E-state index contributed by atoms with van der Waals surface area (Å²) in [5, 5.41) is 8.83. The third-order valence-electron chi connectivity index (χ3n) is 3.57. The maximum absolute atomic E-state index is 12.1. The Morgan fingerprint density at radius 2 is 1.90 bits per heavy atom. The van der Waals surface area contributed by atoms with E-state index in [0.29, 0.717) is 32.1 Å². The number of nitrogens with zero attached hydrogens (tertiary/aromatic N) is 2. The van der Waals surface area contributed by atoms with Crippen molar-refractivity contribution in [2.24, 2.45) is 5.92 Å². The summed E-state index contributed by atoms with van der Waals surface area (Å²) >= 11 is 0. The first-order valence-corrected chi connectivity index (χ1v) is 7.54. The Bertz CT molecular complexity index is 376. The second-order valence-corrected chi connectivity index (χ2v) is 6.92. The fourth-order valence-corrected chi connectivity index (χ4v) is 2.49. The van der Waals surface area contributed by atoms with Crippen LogP contribution < -0.4 is 0 Å². The number of carboxylic acids is 1. The van der Waals surface area contributed by atoms with Gasteiger partial charge in [-0.15, -0.1) is 0 Å². The molecule has 0 unspecified atom stereocenters. The summed E-state index contributed by atoms with van der Waals surface area (Å²) in [5.74, 6) is -0.434. The van der Waals surface area contributed by atoms with Crippen LogP contribution in [0.2, 0.25) is 0 Å². The molecule has 0 saturated carbocycles. The Morgan fingerprint density at radius 3 is 2.38 bits per heavy atom. The number of carbonyl (C=O) groups is 2. The van der Waals surface area contributed by atoms with Crippen molar-refractivity contribution in [3.05, 3.63) is 0 Å². The lowest BCUT2D eigenvalue weighted by atomic mass is 9.99. The fraction of sp³-hybridized carbons (Fsp3) is 0.867. The Hall–Kier alpha value is -1.30. The summed E-state index contributed by atoms with van der Waals surface area (Å²) in [5.41, 5.74) is -0.495. The molecule has 0 aromatic heterocycles. The number of amides is 1. The van der Waals surface area contributed by atoms with Crippen LogP contribution in [0.25, 0.3) is 0 Å². The fourth-order valence-electron chi connectivity index (χ4n) is 2.49. The van der Waals surface area contributed by atoms with Gasteiger partial charge in [0.2, 0.25) is 0 Å². The quantitative estimate of drug-likeness (QED) is 0.860. The Kier molecular flexibility index (Phi) is 6.01. The highest BCUT2D eigenvalue weighted by atomic mass is 16.6. The highest BCUT2D eigenvalue weighted by Crippen LogP contribution is 2.19. The minimum absolute atomic E-state index is 0.135. The number of hydrogen-bond donors (Lipinski definition) is 1. The first-order chi connectivity index (χ1) is 9.60. The van der Waals surface area contributed by atoms with Gasteiger partial charge in [-0.3, -0.25) is 9.69 Å². The molecule has 0 aromatic rings. The van der Waals surface area contributed by atoms with Gasteiger partial charge in [-0.2, -0.15) is 0 Å². The van der Waals surface area contributed by atoms with Crippen molar-refractivity contribution in [1.82, 2.24) is 9.80 Å². The van der Waals surface area contributed by atoms with Crippen LogP contribution in [-0.4, -0.2) is 64.8 Å². The number of aliphatic carboxylic acids is 1. The number of hydrogen-bond acceptors (Lipinski definition) is 4. The van der Waals surface area contributed by atoms with E-state index in [1.807, 2.05) is 20.8 Å². The van der Waals surface area contributed by atoms with Gasteiger partial charge in [0.1, 0.15) is 5.60 Å². The predicted octanol–water partition coefficient (Wildman–Crippen LogP) is 2.04. The molecule has 6 nitrogen and oxygen atoms in total. The van der Waals surface area contributed by atoms with Gasteiger partial charge >= 0.3 is 12.1 Å². The van der Waals surface area contributed by atoms with Gasteiger partial charge < -0.3 is 14.7 Å². The van der Waals surface area contributed by atoms with Crippen LogP contribution in [0.5, 0.6) is 0 Å². The molecule has 0 aliphatic carbocycles. The smallest absolute Gasteiger partial charge is 0.410 e. The van der Waals surface area contributed by atoms with Crippen LogP contribution in [0.1, 0.15) is 41.0 Å². The zero-order valence-corrected chi connectivity index (χ0v) is 13.8. The highest BCUT2D eigenvalue weighted by molar-refractivity contribution is 5.68. The normalized spacial score (nSPS) is 20.7. The summed E-state index contributed by atoms with van der Waals surface area (Å²) in [4.78, 5) is 26.8. The Labute approximate surface area is 127 Å². The largest absolute Gasteiger partial charge is 0.481 e. The van der Waals surface area contributed by atoms with E-state index >= 15 is 0 Å². The lowest BCUT2D eigenvalue weighted by Gasteiger charge is -2.43. The van der Waals surface area contributed by atoms with Gasteiger partial charge in [0.15, 0.2) is 0 Å². The predicted molar refractivity (Wildman–Crippen MR) is 80.3 cm³/mol. The lowest BCUT2D eigenvalue weighted by Crippen LogP contribution is -2.57. The summed E-state index contributed by atoms with van der Waals surface area (Å²) < 4.78 is 5.41. The van der Waals surface area contributed by atoms with Crippen LogP contribution in [0.15, 0.2) is 0 Å². The molecule has 21 heavy (non-hydrogen) atoms. The number of carboxylic acid groups (broad SMARTS) is 1. The van der Waals surface area contributed by atoms with Gasteiger partial charge in [-0.05, 0) is 26.7 Å². The topological polar surface area (TPSA) is 70.1 Å². The third kappa shape index (κ3) is 5.91. The molecule has 1 atom stereocenters. The molecule has 1 rings (SSSR count). The van der Waals surface area contributed by atoms with Crippen molar-refractivity contribution in [2.45, 2.75) is 52.7 Å². The van der Waals surface area contributed by atoms with E-state index in [1.54, 1.807) is 4.90 Å². The summed E-state index contributed by atoms with van der Waals surface area (Å²) in [6, 6.07) is 0.172. The summed E-state index contributed by atoms with van der Waals surface area (Å²) in [7, 11) is 0. The molecule has 0 bridgehead atoms. The van der Waals surface area contributed by atoms with E-state index in [9.17, 15) is 9.59 Å². The molecule has 1 heterocycles. The van der Waals surface area contributed by atoms with Crippen LogP contribution in [-0.2, 0) is 9.53 Å². The molecule has 1 N–H and O–H groups in total. The summed E-state index contributed by atoms with van der Waals surface area (Å²) in [6.45, 7) is 12.1. The van der Waals surface area contributed by atoms with E-state index in [1.165, 1.54) is 0 Å². The Morgan fingerprint density at radius 1 is 1.29 bits per heavy atom. The molecule has 1 amide bonds. The maximum Gasteiger partial charge on any atom is 0.410 e. The minimum Gasteiger partial charge on any atom is -0.481 e. The van der Waals surface area contributed by atoms with Crippen molar-refractivity contribution >= 4 is 12.1 Å². The van der Waals surface area contributed by atoms with Gasteiger partial charge in [0, 0.05) is 32.2 Å². The van der Waals surface area contributed by atoms with E-state index in [2.05, 4.69) is 18.7 Å². The molecule has 1 saturated heterocycles. The van der Waals surface area contributed by atoms with Gasteiger partial charge in [-0.25, -0.2) is 4.79 Å². The number of ether oxygens (including phenoxy) is 1. The molecule has 1 aliphatic heterocycles. The average Bonchev–Trinajstić information content (AvgIpc) is 2.33. The van der Waals surface area contributed by atoms with Gasteiger partial charge in [0.05, 0.1) is 6.42 Å². The van der Waals surface area contributed by atoms with Gasteiger partial charge in [-0.1, -0.05) is 13.8 Å². The highest BCUT2D eigenvalue weighted by Gasteiger charge is 2.33. The maximum atomic E-state index is 12.1. The molecule has 0 aromatic carbocycles. The third-order valence-corrected chi connectivity index (χ3v) is 3.57. The van der Waals surface area contributed by atoms with E-state index in [4.69, 9.17) is 9.84 Å². The molecule has 0 spiro atoms. The monoisotopic (exact) mass is 300 g/mol. The molecule has 0 radical (unpaired) electrons. The van der Waals surface area contributed by atoms with Crippen LogP contribution in [0.4, 0.5) is 4.79 Å². The van der Waals surface area contributed by atoms with Crippen molar-refractivity contribution < 1.29 is 19.4 Å². The molecular weight excluding hydrogens is 272 g/mol. The van der Waals surface area contributed by atoms with Crippen LogP contribution in [0.3, 0.4) is 0 Å². The number of rotatable bonds is 4.